The first-order valence-electron chi connectivity index (χ1n) is 7.97. The fourth-order valence-electron chi connectivity index (χ4n) is 2.75. The summed E-state index contributed by atoms with van der Waals surface area (Å²) < 4.78 is 28.3. The summed E-state index contributed by atoms with van der Waals surface area (Å²) in [5.41, 5.74) is 1.70. The van der Waals surface area contributed by atoms with Gasteiger partial charge in [-0.05, 0) is 35.4 Å². The van der Waals surface area contributed by atoms with Crippen LogP contribution in [0.4, 0.5) is 14.6 Å². The molecule has 0 atom stereocenters. The maximum absolute atomic E-state index is 14.9. The molecule has 2 aromatic heterocycles. The van der Waals surface area contributed by atoms with E-state index in [1.165, 1.54) is 42.9 Å². The molecule has 134 valence electrons. The summed E-state index contributed by atoms with van der Waals surface area (Å²) in [5, 5.41) is 3.41. The van der Waals surface area contributed by atoms with Crippen molar-refractivity contribution in [2.24, 2.45) is 0 Å². The Balaban J connectivity index is 1.93. The van der Waals surface area contributed by atoms with Crippen molar-refractivity contribution < 1.29 is 8.78 Å². The zero-order chi connectivity index (χ0) is 19.0. The Morgan fingerprint density at radius 3 is 2.52 bits per heavy atom. The molecule has 0 aliphatic rings. The van der Waals surface area contributed by atoms with Crippen LogP contribution >= 0.6 is 11.6 Å². The van der Waals surface area contributed by atoms with Crippen LogP contribution in [0.2, 0.25) is 5.02 Å². The number of halogens is 3. The van der Waals surface area contributed by atoms with Crippen LogP contribution < -0.4 is 5.32 Å². The highest BCUT2D eigenvalue weighted by atomic mass is 35.5. The number of fused-ring (bicyclic) bond motifs is 1. The Labute approximate surface area is 158 Å². The number of benzene rings is 2. The Hall–Kier alpha value is -3.19. The van der Waals surface area contributed by atoms with Crippen molar-refractivity contribution in [2.45, 2.75) is 0 Å². The van der Waals surface area contributed by atoms with Gasteiger partial charge in [-0.2, -0.15) is 0 Å². The second kappa shape index (κ2) is 6.85. The summed E-state index contributed by atoms with van der Waals surface area (Å²) in [5.74, 6) is -0.368. The van der Waals surface area contributed by atoms with Gasteiger partial charge in [0.25, 0.3) is 0 Å². The summed E-state index contributed by atoms with van der Waals surface area (Å²) in [6, 6.07) is 7.29. The van der Waals surface area contributed by atoms with E-state index >= 15 is 0 Å². The maximum atomic E-state index is 14.9. The van der Waals surface area contributed by atoms with Gasteiger partial charge in [-0.1, -0.05) is 17.7 Å². The Morgan fingerprint density at radius 2 is 1.81 bits per heavy atom. The van der Waals surface area contributed by atoms with Crippen molar-refractivity contribution in [3.05, 3.63) is 65.6 Å². The SMILES string of the molecule is CNc1nc(-c2cnccn2)nc2c(F)cc(-c3ccc(F)c(Cl)c3)cc12. The number of hydrogen-bond acceptors (Lipinski definition) is 5. The second-order valence-corrected chi connectivity index (χ2v) is 6.13. The average molecular weight is 384 g/mol. The van der Waals surface area contributed by atoms with Crippen LogP contribution in [0.15, 0.2) is 48.9 Å². The topological polar surface area (TPSA) is 63.6 Å². The molecule has 0 fully saturated rings. The van der Waals surface area contributed by atoms with Gasteiger partial charge in [0.1, 0.15) is 28.7 Å². The van der Waals surface area contributed by atoms with E-state index in [-0.39, 0.29) is 16.4 Å². The first-order valence-corrected chi connectivity index (χ1v) is 8.35. The molecule has 0 amide bonds. The molecule has 0 spiro atoms. The summed E-state index contributed by atoms with van der Waals surface area (Å²) >= 11 is 5.85. The molecule has 0 saturated heterocycles. The van der Waals surface area contributed by atoms with Crippen LogP contribution in [0.5, 0.6) is 0 Å². The minimum atomic E-state index is -0.535. The van der Waals surface area contributed by atoms with E-state index in [9.17, 15) is 8.78 Å². The van der Waals surface area contributed by atoms with Gasteiger partial charge in [0.05, 0.1) is 11.2 Å². The first kappa shape index (κ1) is 17.2. The molecule has 0 aliphatic carbocycles. The summed E-state index contributed by atoms with van der Waals surface area (Å²) in [7, 11) is 1.68. The highest BCUT2D eigenvalue weighted by Crippen LogP contribution is 2.32. The minimum absolute atomic E-state index is 0.0314. The van der Waals surface area contributed by atoms with Gasteiger partial charge in [0, 0.05) is 24.8 Å². The number of anilines is 1. The highest BCUT2D eigenvalue weighted by molar-refractivity contribution is 6.31. The van der Waals surface area contributed by atoms with Crippen LogP contribution in [-0.2, 0) is 0 Å². The molecule has 27 heavy (non-hydrogen) atoms. The number of nitrogens with one attached hydrogen (secondary N) is 1. The highest BCUT2D eigenvalue weighted by Gasteiger charge is 2.15. The fraction of sp³-hybridized carbons (Fsp3) is 0.0526. The van der Waals surface area contributed by atoms with Crippen LogP contribution in [0.1, 0.15) is 0 Å². The third-order valence-corrected chi connectivity index (χ3v) is 4.33. The first-order chi connectivity index (χ1) is 13.1. The minimum Gasteiger partial charge on any atom is -0.373 e. The Morgan fingerprint density at radius 1 is 0.963 bits per heavy atom. The lowest BCUT2D eigenvalue weighted by molar-refractivity contribution is 0.628. The molecule has 0 aliphatic heterocycles. The monoisotopic (exact) mass is 383 g/mol. The lowest BCUT2D eigenvalue weighted by atomic mass is 10.0. The van der Waals surface area contributed by atoms with Crippen LogP contribution in [0.25, 0.3) is 33.5 Å². The van der Waals surface area contributed by atoms with Crippen molar-refractivity contribution in [3.8, 4) is 22.6 Å². The van der Waals surface area contributed by atoms with Crippen molar-refractivity contribution in [1.82, 2.24) is 19.9 Å². The van der Waals surface area contributed by atoms with Crippen molar-refractivity contribution in [1.29, 1.82) is 0 Å². The normalized spacial score (nSPS) is 11.0. The number of nitrogens with zero attached hydrogens (tertiary/aromatic N) is 4. The van der Waals surface area contributed by atoms with Gasteiger partial charge in [-0.25, -0.2) is 23.7 Å². The van der Waals surface area contributed by atoms with Crippen molar-refractivity contribution in [2.75, 3.05) is 12.4 Å². The quantitative estimate of drug-likeness (QED) is 0.554. The Bertz CT molecular complexity index is 1150. The van der Waals surface area contributed by atoms with Crippen LogP contribution in [-0.4, -0.2) is 27.0 Å². The third kappa shape index (κ3) is 3.17. The number of hydrogen-bond donors (Lipinski definition) is 1. The van der Waals surface area contributed by atoms with Gasteiger partial charge in [-0.3, -0.25) is 4.98 Å². The number of aromatic nitrogens is 4. The summed E-state index contributed by atoms with van der Waals surface area (Å²) in [6.45, 7) is 0. The lowest BCUT2D eigenvalue weighted by Crippen LogP contribution is -2.01. The molecule has 2 heterocycles. The fourth-order valence-corrected chi connectivity index (χ4v) is 2.93. The molecule has 1 N–H and O–H groups in total. The van der Waals surface area contributed by atoms with Crippen LogP contribution in [0.3, 0.4) is 0 Å². The average Bonchev–Trinajstić information content (AvgIpc) is 2.70. The molecule has 5 nitrogen and oxygen atoms in total. The standard InChI is InChI=1S/C19H12ClF2N5/c1-23-18-12-6-11(10-2-3-14(21)13(20)7-10)8-15(22)17(12)26-19(27-18)16-9-24-4-5-25-16/h2-9H,1H3,(H,23,26,27). The largest absolute Gasteiger partial charge is 0.373 e. The molecule has 4 aromatic rings. The zero-order valence-corrected chi connectivity index (χ0v) is 14.8. The Kier molecular flexibility index (Phi) is 4.37. The van der Waals surface area contributed by atoms with E-state index in [1.54, 1.807) is 13.1 Å². The molecule has 0 bridgehead atoms. The van der Waals surface area contributed by atoms with Gasteiger partial charge < -0.3 is 5.32 Å². The summed E-state index contributed by atoms with van der Waals surface area (Å²) in [4.78, 5) is 16.9. The molecule has 2 aromatic carbocycles. The molecular weight excluding hydrogens is 372 g/mol. The molecule has 0 unspecified atom stereocenters. The smallest absolute Gasteiger partial charge is 0.182 e. The second-order valence-electron chi connectivity index (χ2n) is 5.72. The lowest BCUT2D eigenvalue weighted by Gasteiger charge is -2.11. The van der Waals surface area contributed by atoms with E-state index in [2.05, 4.69) is 25.3 Å². The van der Waals surface area contributed by atoms with Gasteiger partial charge in [-0.15, -0.1) is 0 Å². The van der Waals surface area contributed by atoms with Gasteiger partial charge >= 0.3 is 0 Å². The zero-order valence-electron chi connectivity index (χ0n) is 14.0. The van der Waals surface area contributed by atoms with Crippen LogP contribution in [0, 0.1) is 11.6 Å². The molecule has 8 heteroatoms. The predicted octanol–water partition coefficient (Wildman–Crippen LogP) is 4.73. The molecule has 0 radical (unpaired) electrons. The molecular formula is C19H12ClF2N5. The van der Waals surface area contributed by atoms with E-state index in [1.807, 2.05) is 0 Å². The van der Waals surface area contributed by atoms with Gasteiger partial charge in [0.2, 0.25) is 0 Å². The van der Waals surface area contributed by atoms with E-state index in [0.717, 1.165) is 0 Å². The number of rotatable bonds is 3. The van der Waals surface area contributed by atoms with E-state index in [4.69, 9.17) is 11.6 Å². The van der Waals surface area contributed by atoms with Crippen molar-refractivity contribution >= 4 is 28.3 Å². The van der Waals surface area contributed by atoms with E-state index < -0.39 is 11.6 Å². The molecule has 4 rings (SSSR count). The maximum Gasteiger partial charge on any atom is 0.182 e. The predicted molar refractivity (Wildman–Crippen MR) is 100 cm³/mol. The van der Waals surface area contributed by atoms with Gasteiger partial charge in [0.15, 0.2) is 5.82 Å². The van der Waals surface area contributed by atoms with E-state index in [0.29, 0.717) is 28.0 Å². The van der Waals surface area contributed by atoms with Crippen molar-refractivity contribution in [3.63, 3.8) is 0 Å². The molecule has 0 saturated carbocycles. The third-order valence-electron chi connectivity index (χ3n) is 4.04. The summed E-state index contributed by atoms with van der Waals surface area (Å²) in [6.07, 6.45) is 4.55.